The topological polar surface area (TPSA) is 64.6 Å². The summed E-state index contributed by atoms with van der Waals surface area (Å²) in [6.45, 7) is 0. The van der Waals surface area contributed by atoms with Gasteiger partial charge in [-0.15, -0.1) is 0 Å². The molecular formula is C25H60O7Si4. The van der Waals surface area contributed by atoms with E-state index < -0.39 is 27.9 Å². The molecular weight excluding hydrogens is 525 g/mol. The highest BCUT2D eigenvalue weighted by Crippen LogP contribution is 2.32. The molecule has 0 bridgehead atoms. The first-order valence-electron chi connectivity index (χ1n) is 14.3. The number of unbranched alkanes of at least 4 members (excludes halogenated alkanes) is 9. The van der Waals surface area contributed by atoms with Crippen molar-refractivity contribution in [2.45, 2.75) is 120 Å². The van der Waals surface area contributed by atoms with Gasteiger partial charge in [-0.25, -0.2) is 0 Å². The van der Waals surface area contributed by atoms with Crippen LogP contribution in [0.15, 0.2) is 0 Å². The van der Waals surface area contributed by atoms with E-state index in [0.717, 1.165) is 28.6 Å². The van der Waals surface area contributed by atoms with E-state index in [2.05, 4.69) is 0 Å². The lowest BCUT2D eigenvalue weighted by Gasteiger charge is -2.34. The summed E-state index contributed by atoms with van der Waals surface area (Å²) in [6.07, 6.45) is 18.7. The molecule has 0 aromatic heterocycles. The molecule has 36 heavy (non-hydrogen) atoms. The minimum atomic E-state index is -1.40. The van der Waals surface area contributed by atoms with Crippen LogP contribution in [-0.2, 0) is 31.0 Å². The molecule has 11 heteroatoms. The smallest absolute Gasteiger partial charge is 0.320 e. The van der Waals surface area contributed by atoms with Crippen LogP contribution in [0.4, 0.5) is 0 Å². The zero-order valence-corrected chi connectivity index (χ0v) is 30.3. The first-order chi connectivity index (χ1) is 17.5. The molecule has 7 nitrogen and oxygen atoms in total. The van der Waals surface area contributed by atoms with E-state index in [1.54, 1.807) is 42.7 Å². The zero-order valence-electron chi connectivity index (χ0n) is 24.8. The van der Waals surface area contributed by atoms with E-state index in [1.807, 2.05) is 0 Å². The average molecular weight is 585 g/mol. The molecule has 0 aliphatic rings. The fraction of sp³-hybridized carbons (Fsp3) is 1.00. The van der Waals surface area contributed by atoms with Gasteiger partial charge in [-0.3, -0.25) is 0 Å². The monoisotopic (exact) mass is 584 g/mol. The summed E-state index contributed by atoms with van der Waals surface area (Å²) in [5, 5.41) is 0. The predicted octanol–water partition coefficient (Wildman–Crippen LogP) is 4.41. The summed E-state index contributed by atoms with van der Waals surface area (Å²) >= 11 is 0. The summed E-state index contributed by atoms with van der Waals surface area (Å²) in [6, 6.07) is 3.34. The van der Waals surface area contributed by atoms with Crippen LogP contribution in [0.5, 0.6) is 0 Å². The molecule has 0 unspecified atom stereocenters. The molecule has 0 saturated heterocycles. The molecule has 0 amide bonds. The van der Waals surface area contributed by atoms with E-state index in [4.69, 9.17) is 31.0 Å². The quantitative estimate of drug-likeness (QED) is 0.0997. The molecule has 0 aliphatic heterocycles. The molecule has 218 valence electrons. The van der Waals surface area contributed by atoms with Crippen LogP contribution in [0.2, 0.25) is 18.1 Å². The minimum absolute atomic E-state index is 0.0925. The summed E-state index contributed by atoms with van der Waals surface area (Å²) in [7, 11) is 7.29. The molecule has 0 fully saturated rings. The Balaban J connectivity index is 4.49. The molecule has 0 spiro atoms. The Labute approximate surface area is 231 Å². The Bertz CT molecular complexity index is 394. The highest BCUT2D eigenvalue weighted by Gasteiger charge is 2.27. The van der Waals surface area contributed by atoms with E-state index in [-0.39, 0.29) is 5.60 Å². The fourth-order valence-electron chi connectivity index (χ4n) is 5.01. The van der Waals surface area contributed by atoms with Crippen LogP contribution in [-0.4, -0.2) is 86.6 Å². The lowest BCUT2D eigenvalue weighted by atomic mass is 9.85. The standard InChI is InChI=1S/C25H60O7Si4/c1-26-34(27-2)22-16-10-7-13-19-25(32-33,20-14-8-11-17-23-35(28-3)29-4)21-15-9-12-18-24-36(30-5)31-6/h34-36H,7-24H2,1-6,33H3. The van der Waals surface area contributed by atoms with Crippen LogP contribution in [0.1, 0.15) is 96.3 Å². The molecule has 0 N–H and O–H groups in total. The molecule has 0 rings (SSSR count). The van der Waals surface area contributed by atoms with Gasteiger partial charge in [0, 0.05) is 42.7 Å². The van der Waals surface area contributed by atoms with Crippen LogP contribution in [0.25, 0.3) is 0 Å². The minimum Gasteiger partial charge on any atom is -0.422 e. The first-order valence-corrected chi connectivity index (χ1v) is 20.4. The summed E-state index contributed by atoms with van der Waals surface area (Å²) in [5.74, 6) is 0. The van der Waals surface area contributed by atoms with Crippen LogP contribution in [0, 0.1) is 0 Å². The van der Waals surface area contributed by atoms with Crippen molar-refractivity contribution in [2.24, 2.45) is 0 Å². The largest absolute Gasteiger partial charge is 0.422 e. The third-order valence-corrected chi connectivity index (χ3v) is 14.1. The molecule has 0 aliphatic carbocycles. The second-order valence-electron chi connectivity index (χ2n) is 9.95. The van der Waals surface area contributed by atoms with Gasteiger partial charge in [0.05, 0.1) is 5.60 Å². The Kier molecular flexibility index (Phi) is 26.3. The van der Waals surface area contributed by atoms with Crippen molar-refractivity contribution >= 4 is 38.3 Å². The van der Waals surface area contributed by atoms with Crippen LogP contribution < -0.4 is 0 Å². The summed E-state index contributed by atoms with van der Waals surface area (Å²) < 4.78 is 39.1. The van der Waals surface area contributed by atoms with Gasteiger partial charge in [0.25, 0.3) is 0 Å². The van der Waals surface area contributed by atoms with Crippen LogP contribution in [0.3, 0.4) is 0 Å². The van der Waals surface area contributed by atoms with Gasteiger partial charge in [-0.2, -0.15) is 0 Å². The van der Waals surface area contributed by atoms with E-state index >= 15 is 0 Å². The van der Waals surface area contributed by atoms with Crippen molar-refractivity contribution in [3.8, 4) is 0 Å². The maximum Gasteiger partial charge on any atom is 0.320 e. The van der Waals surface area contributed by atoms with E-state index in [9.17, 15) is 0 Å². The van der Waals surface area contributed by atoms with Crippen molar-refractivity contribution < 1.29 is 31.0 Å². The molecule has 0 atom stereocenters. The first kappa shape index (κ1) is 36.6. The third-order valence-electron chi connectivity index (χ3n) is 7.48. The predicted molar refractivity (Wildman–Crippen MR) is 161 cm³/mol. The van der Waals surface area contributed by atoms with Gasteiger partial charge in [0.15, 0.2) is 0 Å². The maximum absolute atomic E-state index is 6.42. The van der Waals surface area contributed by atoms with Gasteiger partial charge < -0.3 is 31.0 Å². The Hall–Kier alpha value is 0.588. The Morgan fingerprint density at radius 3 is 0.889 bits per heavy atom. The fourth-order valence-corrected chi connectivity index (χ4v) is 9.48. The highest BCUT2D eigenvalue weighted by molar-refractivity contribution is 6.44. The lowest BCUT2D eigenvalue weighted by molar-refractivity contribution is 0.0423. The van der Waals surface area contributed by atoms with Gasteiger partial charge in [0.2, 0.25) is 0 Å². The van der Waals surface area contributed by atoms with Crippen molar-refractivity contribution in [1.82, 2.24) is 0 Å². The molecule has 0 radical (unpaired) electrons. The molecule has 0 aromatic rings. The SMILES string of the molecule is CO[SiH](CCCCCCC(CCCCCC[SiH](OC)OC)(CCCCCC[SiH](OC)OC)O[SiH3])OC. The van der Waals surface area contributed by atoms with Gasteiger partial charge >= 0.3 is 27.9 Å². The van der Waals surface area contributed by atoms with E-state index in [1.165, 1.54) is 96.3 Å². The number of rotatable bonds is 28. The van der Waals surface area contributed by atoms with Gasteiger partial charge in [-0.05, 0) is 37.4 Å². The molecule has 0 aromatic carbocycles. The third kappa shape index (κ3) is 18.8. The number of hydrogen-bond acceptors (Lipinski definition) is 7. The van der Waals surface area contributed by atoms with E-state index in [0.29, 0.717) is 0 Å². The number of hydrogen-bond donors (Lipinski definition) is 0. The van der Waals surface area contributed by atoms with Crippen molar-refractivity contribution in [3.05, 3.63) is 0 Å². The van der Waals surface area contributed by atoms with Crippen molar-refractivity contribution in [2.75, 3.05) is 42.7 Å². The normalized spacial score (nSPS) is 12.6. The second-order valence-corrected chi connectivity index (χ2v) is 17.5. The maximum atomic E-state index is 6.42. The van der Waals surface area contributed by atoms with Gasteiger partial charge in [-0.1, -0.05) is 77.0 Å². The zero-order chi connectivity index (χ0) is 26.9. The van der Waals surface area contributed by atoms with Crippen LogP contribution >= 0.6 is 0 Å². The Morgan fingerprint density at radius 1 is 0.417 bits per heavy atom. The Morgan fingerprint density at radius 2 is 0.667 bits per heavy atom. The molecule has 0 saturated carbocycles. The van der Waals surface area contributed by atoms with Crippen molar-refractivity contribution in [3.63, 3.8) is 0 Å². The molecule has 0 heterocycles. The van der Waals surface area contributed by atoms with Gasteiger partial charge in [0.1, 0.15) is 10.5 Å². The summed E-state index contributed by atoms with van der Waals surface area (Å²) in [5.41, 5.74) is 0.0925. The van der Waals surface area contributed by atoms with Crippen molar-refractivity contribution in [1.29, 1.82) is 0 Å². The second kappa shape index (κ2) is 25.8. The average Bonchev–Trinajstić information content (AvgIpc) is 2.91. The highest BCUT2D eigenvalue weighted by atomic mass is 28.3. The summed E-state index contributed by atoms with van der Waals surface area (Å²) in [4.78, 5) is 0. The lowest BCUT2D eigenvalue weighted by Crippen LogP contribution is -2.32.